The summed E-state index contributed by atoms with van der Waals surface area (Å²) in [5, 5.41) is 10.6. The van der Waals surface area contributed by atoms with E-state index in [2.05, 4.69) is 58.7 Å². The zero-order valence-corrected chi connectivity index (χ0v) is 38.3. The first-order valence-electron chi connectivity index (χ1n) is 22.7. The molecule has 3 aromatic heterocycles. The second kappa shape index (κ2) is 20.3. The van der Waals surface area contributed by atoms with Gasteiger partial charge in [-0.15, -0.1) is 0 Å². The van der Waals surface area contributed by atoms with Crippen molar-refractivity contribution in [1.29, 1.82) is 0 Å². The average molecular weight is 935 g/mol. The van der Waals surface area contributed by atoms with Crippen molar-refractivity contribution >= 4 is 55.5 Å². The van der Waals surface area contributed by atoms with Crippen LogP contribution in [0.3, 0.4) is 0 Å². The molecule has 0 spiro atoms. The van der Waals surface area contributed by atoms with E-state index < -0.39 is 0 Å². The van der Waals surface area contributed by atoms with Gasteiger partial charge >= 0.3 is 170 Å². The van der Waals surface area contributed by atoms with Crippen molar-refractivity contribution in [3.63, 3.8) is 0 Å². The Bertz CT molecular complexity index is 2960. The first-order chi connectivity index (χ1) is 33.1. The molecule has 12 nitrogen and oxygen atoms in total. The summed E-state index contributed by atoms with van der Waals surface area (Å²) < 4.78 is 11.4. The molecule has 2 aliphatic heterocycles. The quantitative estimate of drug-likeness (QED) is 0.0612. The molecule has 6 aromatic carbocycles. The van der Waals surface area contributed by atoms with Gasteiger partial charge in [0, 0.05) is 43.8 Å². The maximum Gasteiger partial charge on any atom is 0.164 e. The minimum Gasteiger partial charge on any atom is -0.324 e. The zero-order valence-electron chi connectivity index (χ0n) is 37.3. The summed E-state index contributed by atoms with van der Waals surface area (Å²) in [5.74, 6) is 4.26. The van der Waals surface area contributed by atoms with Crippen LogP contribution in [0.4, 0.5) is 11.4 Å². The molecule has 0 aliphatic carbocycles. The van der Waals surface area contributed by atoms with Crippen LogP contribution >= 0.6 is 0 Å². The number of anilines is 2. The van der Waals surface area contributed by atoms with Crippen molar-refractivity contribution in [2.45, 2.75) is 39.5 Å². The molecule has 8 bridgehead atoms. The predicted octanol–water partition coefficient (Wildman–Crippen LogP) is 12.4. The number of hydrogen-bond donors (Lipinski definition) is 4. The van der Waals surface area contributed by atoms with E-state index in [0.29, 0.717) is 45.9 Å². The molecule has 11 rings (SSSR count). The number of H-pyrrole nitrogens is 2. The number of benzene rings is 6. The molecule has 339 valence electrons. The third-order valence-corrected chi connectivity index (χ3v) is 12.2. The fourth-order valence-electron chi connectivity index (χ4n) is 7.83. The topological polar surface area (TPSA) is 151 Å². The first-order valence-corrected chi connectivity index (χ1v) is 24.0. The molecular weight excluding hydrogens is 884 g/mol. The van der Waals surface area contributed by atoms with E-state index in [1.165, 1.54) is 0 Å². The molecule has 0 atom stereocenters. The van der Waals surface area contributed by atoms with Crippen LogP contribution in [0.2, 0.25) is 0 Å². The SMILES string of the molecule is CCCCOc1ccc(N[CH2][Cu][CH2]Nc2ccc(OCCCC)cc2)cc1.c1ccc2c(c1)-c1nc-2nc2[nH]c(nc3nc(nc4[nH]c(n1)c1ccccc41)-c1ccccc1-3)c1ccccc21. The maximum absolute atomic E-state index is 5.68. The Morgan fingerprint density at radius 3 is 1.03 bits per heavy atom. The number of ether oxygens (including phenoxy) is 2. The maximum atomic E-state index is 5.68. The second-order valence-corrected chi connectivity index (χ2v) is 17.1. The molecule has 4 N–H and O–H groups in total. The van der Waals surface area contributed by atoms with E-state index >= 15 is 0 Å². The van der Waals surface area contributed by atoms with E-state index in [9.17, 15) is 0 Å². The Labute approximate surface area is 394 Å². The van der Waals surface area contributed by atoms with Crippen molar-refractivity contribution in [2.75, 3.05) is 34.7 Å². The monoisotopic (exact) mass is 933 g/mol. The number of rotatable bonds is 14. The zero-order chi connectivity index (χ0) is 45.4. The minimum absolute atomic E-state index is 0.597. The molecular formula is C54H50CuN10O2. The molecule has 0 saturated carbocycles. The fourth-order valence-corrected chi connectivity index (χ4v) is 8.57. The molecule has 2 aliphatic rings. The van der Waals surface area contributed by atoms with Gasteiger partial charge in [-0.3, -0.25) is 0 Å². The second-order valence-electron chi connectivity index (χ2n) is 16.0. The fraction of sp³-hybridized carbons (Fsp3) is 0.185. The van der Waals surface area contributed by atoms with Gasteiger partial charge in [0.2, 0.25) is 0 Å². The summed E-state index contributed by atoms with van der Waals surface area (Å²) >= 11 is 1.89. The summed E-state index contributed by atoms with van der Waals surface area (Å²) in [6.45, 7) is 5.91. The number of aromatic nitrogens is 8. The molecule has 0 radical (unpaired) electrons. The van der Waals surface area contributed by atoms with Crippen molar-refractivity contribution in [1.82, 2.24) is 39.9 Å². The van der Waals surface area contributed by atoms with Gasteiger partial charge in [-0.2, -0.15) is 0 Å². The normalized spacial score (nSPS) is 11.4. The predicted molar refractivity (Wildman–Crippen MR) is 267 cm³/mol. The van der Waals surface area contributed by atoms with E-state index in [-0.39, 0.29) is 0 Å². The van der Waals surface area contributed by atoms with Crippen LogP contribution in [0.1, 0.15) is 39.5 Å². The molecule has 5 heterocycles. The summed E-state index contributed by atoms with van der Waals surface area (Å²) in [6.07, 6.45) is 4.50. The smallest absolute Gasteiger partial charge is 0.164 e. The molecule has 0 unspecified atom stereocenters. The van der Waals surface area contributed by atoms with E-state index in [1.807, 2.05) is 136 Å². The van der Waals surface area contributed by atoms with Gasteiger partial charge < -0.3 is 9.97 Å². The van der Waals surface area contributed by atoms with Crippen molar-refractivity contribution < 1.29 is 24.4 Å². The molecule has 0 amide bonds. The standard InChI is InChI=1S/C32H18N8.2C11H16NO.Cu/c1-2-10-18-17(9-1)25-33-26(18)38-28-21-13-5-6-14-22(21)30(35-28)40-32-24-16-8-7-15-23(24)31(36-32)39-29-20-12-4-3-11-19(20)27(34-29)37-25;2*1-3-4-9-13-11-7-5-10(12-2)6-8-11;/h1-16H,(H2,33,34,35,36,37,38,39,40);2*5-8,12H,2-4,9H2,1H3;. The average Bonchev–Trinajstić information content (AvgIpc) is 4.11. The summed E-state index contributed by atoms with van der Waals surface area (Å²) in [5.41, 5.74) is 10.3. The Balaban J connectivity index is 0.000000171. The number of hydrogen-bond acceptors (Lipinski definition) is 10. The molecule has 13 heteroatoms. The molecule has 9 aromatic rings. The van der Waals surface area contributed by atoms with Crippen molar-refractivity contribution in [3.8, 4) is 57.1 Å². The minimum atomic E-state index is 0.597. The summed E-state index contributed by atoms with van der Waals surface area (Å²) in [6, 6.07) is 48.6. The third-order valence-electron chi connectivity index (χ3n) is 11.4. The van der Waals surface area contributed by atoms with E-state index in [4.69, 9.17) is 39.4 Å². The Morgan fingerprint density at radius 2 is 0.716 bits per heavy atom. The third kappa shape index (κ3) is 9.70. The van der Waals surface area contributed by atoms with Gasteiger partial charge in [0.15, 0.2) is 23.3 Å². The van der Waals surface area contributed by atoms with Gasteiger partial charge in [0.25, 0.3) is 0 Å². The summed E-state index contributed by atoms with van der Waals surface area (Å²) in [7, 11) is 0. The van der Waals surface area contributed by atoms with Gasteiger partial charge in [-0.25, -0.2) is 29.9 Å². The number of fused-ring (bicyclic) bond motifs is 20. The van der Waals surface area contributed by atoms with Crippen LogP contribution in [0.25, 0.3) is 89.7 Å². The number of nitrogens with one attached hydrogen (secondary N) is 4. The van der Waals surface area contributed by atoms with Crippen LogP contribution in [-0.2, 0) is 15.0 Å². The van der Waals surface area contributed by atoms with Crippen LogP contribution in [-0.4, -0.2) is 64.0 Å². The van der Waals surface area contributed by atoms with Crippen molar-refractivity contribution in [2.24, 2.45) is 0 Å². The number of aromatic amines is 2. The Kier molecular flexibility index (Phi) is 13.1. The van der Waals surface area contributed by atoms with Crippen LogP contribution < -0.4 is 20.1 Å². The molecule has 0 saturated heterocycles. The van der Waals surface area contributed by atoms with Crippen LogP contribution in [0.15, 0.2) is 146 Å². The van der Waals surface area contributed by atoms with Gasteiger partial charge in [-0.1, -0.05) is 97.1 Å². The van der Waals surface area contributed by atoms with Crippen molar-refractivity contribution in [3.05, 3.63) is 146 Å². The van der Waals surface area contributed by atoms with Crippen LogP contribution in [0.5, 0.6) is 11.5 Å². The number of nitrogens with zero attached hydrogens (tertiary/aromatic N) is 6. The number of unbranched alkanes of at least 4 members (excludes halogenated alkanes) is 2. The van der Waals surface area contributed by atoms with E-state index in [0.717, 1.165) is 116 Å². The van der Waals surface area contributed by atoms with E-state index in [1.54, 1.807) is 0 Å². The summed E-state index contributed by atoms with van der Waals surface area (Å²) in [4.78, 5) is 36.8. The van der Waals surface area contributed by atoms with Gasteiger partial charge in [0.1, 0.15) is 22.6 Å². The first kappa shape index (κ1) is 43.3. The largest absolute Gasteiger partial charge is 0.324 e. The van der Waals surface area contributed by atoms with Gasteiger partial charge in [-0.05, 0) is 0 Å². The molecule has 67 heavy (non-hydrogen) atoms. The molecule has 0 fully saturated rings. The Morgan fingerprint density at radius 1 is 0.403 bits per heavy atom. The Hall–Kier alpha value is -7.60. The van der Waals surface area contributed by atoms with Gasteiger partial charge in [0.05, 0.1) is 0 Å². The van der Waals surface area contributed by atoms with Crippen LogP contribution in [0, 0.1) is 0 Å².